The maximum Gasteiger partial charge on any atom is 0.275 e. The Morgan fingerprint density at radius 3 is 2.44 bits per heavy atom. The highest BCUT2D eigenvalue weighted by molar-refractivity contribution is 5.76. The number of nitrogens with one attached hydrogen (secondary N) is 2. The lowest BCUT2D eigenvalue weighted by molar-refractivity contribution is -0.896. The second-order valence-electron chi connectivity index (χ2n) is 6.22. The lowest BCUT2D eigenvalue weighted by atomic mass is 10.1. The van der Waals surface area contributed by atoms with Gasteiger partial charge in [0.1, 0.15) is 0 Å². The normalized spacial score (nSPS) is 14.9. The maximum atomic E-state index is 12.1. The van der Waals surface area contributed by atoms with Gasteiger partial charge >= 0.3 is 0 Å². The third kappa shape index (κ3) is 5.63. The smallest absolute Gasteiger partial charge is 0.275 e. The Morgan fingerprint density at radius 1 is 1.16 bits per heavy atom. The minimum Gasteiger partial charge on any atom is -0.493 e. The van der Waals surface area contributed by atoms with Crippen molar-refractivity contribution in [1.82, 2.24) is 10.2 Å². The first kappa shape index (κ1) is 19.1. The Morgan fingerprint density at radius 2 is 1.84 bits per heavy atom. The van der Waals surface area contributed by atoms with Crippen LogP contribution in [0.2, 0.25) is 0 Å². The predicted octanol–water partition coefficient (Wildman–Crippen LogP) is -0.890. The van der Waals surface area contributed by atoms with Crippen LogP contribution in [0.4, 0.5) is 0 Å². The highest BCUT2D eigenvalue weighted by Gasteiger charge is 2.23. The first-order valence-corrected chi connectivity index (χ1v) is 8.60. The molecule has 25 heavy (non-hydrogen) atoms. The third-order valence-corrected chi connectivity index (χ3v) is 4.51. The van der Waals surface area contributed by atoms with Crippen LogP contribution >= 0.6 is 0 Å². The molecule has 0 atom stereocenters. The van der Waals surface area contributed by atoms with E-state index in [1.165, 1.54) is 4.90 Å². The molecule has 7 heteroatoms. The molecule has 0 radical (unpaired) electrons. The zero-order chi connectivity index (χ0) is 18.2. The van der Waals surface area contributed by atoms with E-state index >= 15 is 0 Å². The summed E-state index contributed by atoms with van der Waals surface area (Å²) in [6.07, 6.45) is 0.736. The van der Waals surface area contributed by atoms with E-state index in [1.807, 2.05) is 23.1 Å². The van der Waals surface area contributed by atoms with Crippen LogP contribution in [0, 0.1) is 0 Å². The van der Waals surface area contributed by atoms with Gasteiger partial charge in [-0.3, -0.25) is 9.59 Å². The average Bonchev–Trinajstić information content (AvgIpc) is 2.62. The second kappa shape index (κ2) is 9.27. The fourth-order valence-electron chi connectivity index (χ4n) is 2.99. The Labute approximate surface area is 148 Å². The van der Waals surface area contributed by atoms with Crippen molar-refractivity contribution < 1.29 is 24.0 Å². The lowest BCUT2D eigenvalue weighted by Crippen LogP contribution is -3.15. The molecule has 1 aliphatic rings. The number of hydrogen-bond acceptors (Lipinski definition) is 4. The number of hydrogen-bond donors (Lipinski definition) is 2. The molecular weight excluding hydrogens is 322 g/mol. The molecular formula is C18H28N3O4+. The first-order chi connectivity index (χ1) is 12.0. The number of ether oxygens (including phenoxy) is 2. The van der Waals surface area contributed by atoms with Gasteiger partial charge in [-0.2, -0.15) is 0 Å². The molecule has 0 spiro atoms. The monoisotopic (exact) mass is 350 g/mol. The van der Waals surface area contributed by atoms with E-state index in [4.69, 9.17) is 9.47 Å². The lowest BCUT2D eigenvalue weighted by Gasteiger charge is -2.31. The molecule has 1 saturated heterocycles. The number of benzene rings is 1. The molecule has 1 heterocycles. The average molecular weight is 350 g/mol. The van der Waals surface area contributed by atoms with Crippen molar-refractivity contribution in [3.63, 3.8) is 0 Å². The van der Waals surface area contributed by atoms with Crippen LogP contribution < -0.4 is 19.7 Å². The maximum absolute atomic E-state index is 12.1. The van der Waals surface area contributed by atoms with Crippen LogP contribution in [0.25, 0.3) is 0 Å². The van der Waals surface area contributed by atoms with Crippen molar-refractivity contribution in [1.29, 1.82) is 0 Å². The molecule has 2 N–H and O–H groups in total. The zero-order valence-corrected chi connectivity index (χ0v) is 15.3. The molecule has 0 aliphatic carbocycles. The first-order valence-electron chi connectivity index (χ1n) is 8.60. The number of carbonyl (C=O) groups is 2. The molecule has 7 nitrogen and oxygen atoms in total. The number of nitrogens with zero attached hydrogens (tertiary/aromatic N) is 1. The summed E-state index contributed by atoms with van der Waals surface area (Å²) in [7, 11) is 3.22. The molecule has 1 aromatic rings. The van der Waals surface area contributed by atoms with Crippen molar-refractivity contribution in [3.8, 4) is 11.5 Å². The van der Waals surface area contributed by atoms with Crippen LogP contribution in [-0.2, 0) is 16.0 Å². The van der Waals surface area contributed by atoms with E-state index < -0.39 is 0 Å². The highest BCUT2D eigenvalue weighted by atomic mass is 16.5. The number of piperazine rings is 1. The van der Waals surface area contributed by atoms with Gasteiger partial charge in [0.2, 0.25) is 5.91 Å². The number of carbonyl (C=O) groups excluding carboxylic acids is 2. The largest absolute Gasteiger partial charge is 0.493 e. The van der Waals surface area contributed by atoms with E-state index in [9.17, 15) is 9.59 Å². The van der Waals surface area contributed by atoms with Gasteiger partial charge in [-0.15, -0.1) is 0 Å². The molecule has 1 aliphatic heterocycles. The highest BCUT2D eigenvalue weighted by Crippen LogP contribution is 2.27. The summed E-state index contributed by atoms with van der Waals surface area (Å²) in [4.78, 5) is 26.4. The minimum absolute atomic E-state index is 0.0479. The fourth-order valence-corrected chi connectivity index (χ4v) is 2.99. The topological polar surface area (TPSA) is 72.3 Å². The van der Waals surface area contributed by atoms with Crippen LogP contribution in [0.15, 0.2) is 18.2 Å². The van der Waals surface area contributed by atoms with E-state index in [-0.39, 0.29) is 11.8 Å². The van der Waals surface area contributed by atoms with E-state index in [1.54, 1.807) is 21.1 Å². The van der Waals surface area contributed by atoms with Gasteiger partial charge < -0.3 is 24.6 Å². The zero-order valence-electron chi connectivity index (χ0n) is 15.3. The standard InChI is InChI=1S/C18H27N3O4/c1-14(22)21-10-8-20(9-11-21)13-18(23)19-7-6-15-4-5-16(24-2)17(12-15)25-3/h4-5,12H,6-11,13H2,1-3H3,(H,19,23)/p+1. The summed E-state index contributed by atoms with van der Waals surface area (Å²) in [6.45, 7) is 5.73. The molecule has 2 rings (SSSR count). The van der Waals surface area contributed by atoms with Crippen molar-refractivity contribution in [2.45, 2.75) is 13.3 Å². The van der Waals surface area contributed by atoms with Gasteiger partial charge in [-0.25, -0.2) is 0 Å². The summed E-state index contributed by atoms with van der Waals surface area (Å²) in [6, 6.07) is 5.77. The molecule has 0 unspecified atom stereocenters. The van der Waals surface area contributed by atoms with Crippen molar-refractivity contribution in [2.75, 3.05) is 53.5 Å². The molecule has 1 aromatic carbocycles. The van der Waals surface area contributed by atoms with Gasteiger partial charge in [0.15, 0.2) is 18.0 Å². The molecule has 1 fully saturated rings. The molecule has 138 valence electrons. The number of rotatable bonds is 7. The molecule has 0 saturated carbocycles. The molecule has 0 aromatic heterocycles. The van der Waals surface area contributed by atoms with Gasteiger partial charge in [-0.1, -0.05) is 6.07 Å². The van der Waals surface area contributed by atoms with Crippen LogP contribution in [0.3, 0.4) is 0 Å². The van der Waals surface area contributed by atoms with E-state index in [2.05, 4.69) is 5.32 Å². The van der Waals surface area contributed by atoms with Crippen LogP contribution in [0.5, 0.6) is 11.5 Å². The Hall–Kier alpha value is -2.28. The Balaban J connectivity index is 1.71. The molecule has 0 bridgehead atoms. The minimum atomic E-state index is 0.0479. The van der Waals surface area contributed by atoms with Crippen LogP contribution in [-0.4, -0.2) is 70.2 Å². The summed E-state index contributed by atoms with van der Waals surface area (Å²) in [5.41, 5.74) is 1.08. The summed E-state index contributed by atoms with van der Waals surface area (Å²) in [5.74, 6) is 1.55. The summed E-state index contributed by atoms with van der Waals surface area (Å²) < 4.78 is 10.5. The Kier molecular flexibility index (Phi) is 7.06. The second-order valence-corrected chi connectivity index (χ2v) is 6.22. The summed E-state index contributed by atoms with van der Waals surface area (Å²) in [5, 5.41) is 2.97. The van der Waals surface area contributed by atoms with E-state index in [0.717, 1.165) is 38.2 Å². The van der Waals surface area contributed by atoms with Crippen molar-refractivity contribution in [2.24, 2.45) is 0 Å². The van der Waals surface area contributed by atoms with Gasteiger partial charge in [0.05, 0.1) is 40.4 Å². The summed E-state index contributed by atoms with van der Waals surface area (Å²) >= 11 is 0. The predicted molar refractivity (Wildman–Crippen MR) is 94.1 cm³/mol. The van der Waals surface area contributed by atoms with Crippen molar-refractivity contribution >= 4 is 11.8 Å². The third-order valence-electron chi connectivity index (χ3n) is 4.51. The number of amides is 2. The quantitative estimate of drug-likeness (QED) is 0.669. The van der Waals surface area contributed by atoms with Crippen molar-refractivity contribution in [3.05, 3.63) is 23.8 Å². The molecule has 2 amide bonds. The van der Waals surface area contributed by atoms with Gasteiger partial charge in [-0.05, 0) is 24.1 Å². The van der Waals surface area contributed by atoms with Gasteiger partial charge in [0, 0.05) is 13.5 Å². The SMILES string of the molecule is COc1ccc(CCNC(=O)C[NH+]2CCN(C(C)=O)CC2)cc1OC. The Bertz CT molecular complexity index is 598. The number of quaternary nitrogens is 1. The number of methoxy groups -OCH3 is 2. The van der Waals surface area contributed by atoms with Crippen LogP contribution in [0.1, 0.15) is 12.5 Å². The fraction of sp³-hybridized carbons (Fsp3) is 0.556. The van der Waals surface area contributed by atoms with E-state index in [0.29, 0.717) is 24.6 Å². The van der Waals surface area contributed by atoms with Gasteiger partial charge in [0.25, 0.3) is 5.91 Å².